The first-order valence-electron chi connectivity index (χ1n) is 8.08. The van der Waals surface area contributed by atoms with E-state index in [1.807, 2.05) is 48.5 Å². The zero-order valence-corrected chi connectivity index (χ0v) is 15.1. The molecule has 5 heteroatoms. The predicted molar refractivity (Wildman–Crippen MR) is 97.9 cm³/mol. The second-order valence-corrected chi connectivity index (χ2v) is 6.12. The number of likely N-dealkylation sites (N-methyl/N-ethyl adjacent to an activating group) is 1. The quantitative estimate of drug-likeness (QED) is 0.808. The Kier molecular flexibility index (Phi) is 6.64. The molecule has 0 aliphatic carbocycles. The first-order valence-corrected chi connectivity index (χ1v) is 8.45. The van der Waals surface area contributed by atoms with Crippen molar-refractivity contribution in [1.29, 1.82) is 0 Å². The Bertz CT molecular complexity index is 673. The van der Waals surface area contributed by atoms with Gasteiger partial charge >= 0.3 is 0 Å². The lowest BCUT2D eigenvalue weighted by Gasteiger charge is -2.25. The minimum absolute atomic E-state index is 0.0177. The second-order valence-electron chi connectivity index (χ2n) is 5.71. The Morgan fingerprint density at radius 3 is 2.46 bits per heavy atom. The van der Waals surface area contributed by atoms with Crippen LogP contribution in [0.5, 0.6) is 5.75 Å². The van der Waals surface area contributed by atoms with Crippen molar-refractivity contribution in [2.45, 2.75) is 19.9 Å². The van der Waals surface area contributed by atoms with E-state index in [2.05, 4.69) is 19.2 Å². The first-order chi connectivity index (χ1) is 11.5. The zero-order chi connectivity index (χ0) is 17.5. The molecule has 4 nitrogen and oxygen atoms in total. The Hall–Kier alpha value is -2.04. The fourth-order valence-corrected chi connectivity index (χ4v) is 3.02. The van der Waals surface area contributed by atoms with Gasteiger partial charge in [-0.3, -0.25) is 4.79 Å². The van der Waals surface area contributed by atoms with Crippen molar-refractivity contribution in [3.8, 4) is 5.75 Å². The van der Waals surface area contributed by atoms with E-state index in [4.69, 9.17) is 16.3 Å². The Morgan fingerprint density at radius 1 is 1.21 bits per heavy atom. The molecule has 0 saturated heterocycles. The molecule has 0 aromatic heterocycles. The number of rotatable bonds is 7. The largest absolute Gasteiger partial charge is 0.497 e. The lowest BCUT2D eigenvalue weighted by atomic mass is 10.1. The highest BCUT2D eigenvalue weighted by Gasteiger charge is 2.22. The van der Waals surface area contributed by atoms with E-state index in [0.29, 0.717) is 6.54 Å². The number of hydrogen-bond donors (Lipinski definition) is 2. The number of anilines is 1. The fourth-order valence-electron chi connectivity index (χ4n) is 2.72. The maximum Gasteiger partial charge on any atom is 0.279 e. The van der Waals surface area contributed by atoms with E-state index in [-0.39, 0.29) is 11.9 Å². The lowest BCUT2D eigenvalue weighted by molar-refractivity contribution is -0.920. The average molecular weight is 348 g/mol. The molecule has 0 aliphatic heterocycles. The van der Waals surface area contributed by atoms with Gasteiger partial charge in [-0.1, -0.05) is 29.8 Å². The minimum Gasteiger partial charge on any atom is -0.497 e. The summed E-state index contributed by atoms with van der Waals surface area (Å²) in [7, 11) is 1.62. The Balaban J connectivity index is 2.00. The van der Waals surface area contributed by atoms with Gasteiger partial charge in [0, 0.05) is 16.3 Å². The number of amides is 1. The van der Waals surface area contributed by atoms with Crippen molar-refractivity contribution < 1.29 is 14.4 Å². The van der Waals surface area contributed by atoms with Crippen molar-refractivity contribution in [3.63, 3.8) is 0 Å². The summed E-state index contributed by atoms with van der Waals surface area (Å²) in [6.45, 7) is 5.39. The summed E-state index contributed by atoms with van der Waals surface area (Å²) in [6.07, 6.45) is 0. The van der Waals surface area contributed by atoms with E-state index < -0.39 is 0 Å². The monoisotopic (exact) mass is 347 g/mol. The molecule has 0 spiro atoms. The van der Waals surface area contributed by atoms with Crippen LogP contribution in [0.15, 0.2) is 48.5 Å². The molecule has 1 amide bonds. The summed E-state index contributed by atoms with van der Waals surface area (Å²) >= 11 is 6.29. The van der Waals surface area contributed by atoms with Gasteiger partial charge in [0.15, 0.2) is 6.54 Å². The second kappa shape index (κ2) is 8.71. The third kappa shape index (κ3) is 4.73. The molecular formula is C19H24ClN2O2+. The van der Waals surface area contributed by atoms with Gasteiger partial charge in [-0.25, -0.2) is 0 Å². The minimum atomic E-state index is -0.0177. The molecule has 24 heavy (non-hydrogen) atoms. The third-order valence-electron chi connectivity index (χ3n) is 4.20. The molecule has 2 aromatic carbocycles. The third-order valence-corrected chi connectivity index (χ3v) is 4.54. The number of quaternary nitrogens is 1. The SMILES string of the molecule is CC[NH+](CC(=O)Nc1ccc(OC)cc1)[C@@H](C)c1ccccc1Cl. The van der Waals surface area contributed by atoms with Crippen LogP contribution in [0.25, 0.3) is 0 Å². The van der Waals surface area contributed by atoms with E-state index in [1.165, 1.54) is 0 Å². The molecule has 2 atom stereocenters. The number of carbonyl (C=O) groups is 1. The van der Waals surface area contributed by atoms with Crippen molar-refractivity contribution in [3.05, 3.63) is 59.1 Å². The van der Waals surface area contributed by atoms with Gasteiger partial charge in [0.25, 0.3) is 5.91 Å². The van der Waals surface area contributed by atoms with E-state index in [0.717, 1.165) is 33.5 Å². The molecule has 2 aromatic rings. The normalized spacial score (nSPS) is 13.2. The number of hydrogen-bond acceptors (Lipinski definition) is 2. The number of carbonyl (C=O) groups excluding carboxylic acids is 1. The summed E-state index contributed by atoms with van der Waals surface area (Å²) in [6, 6.07) is 15.3. The van der Waals surface area contributed by atoms with Gasteiger partial charge in [0.1, 0.15) is 11.8 Å². The molecule has 0 heterocycles. The molecular weight excluding hydrogens is 324 g/mol. The maximum absolute atomic E-state index is 12.4. The Labute approximate surface area is 148 Å². The van der Waals surface area contributed by atoms with Crippen molar-refractivity contribution in [2.75, 3.05) is 25.5 Å². The van der Waals surface area contributed by atoms with E-state index in [1.54, 1.807) is 7.11 Å². The van der Waals surface area contributed by atoms with Crippen molar-refractivity contribution >= 4 is 23.2 Å². The van der Waals surface area contributed by atoms with Crippen molar-refractivity contribution in [2.24, 2.45) is 0 Å². The van der Waals surface area contributed by atoms with Crippen LogP contribution in [0, 0.1) is 0 Å². The number of halogens is 1. The van der Waals surface area contributed by atoms with Crippen LogP contribution in [0.2, 0.25) is 5.02 Å². The van der Waals surface area contributed by atoms with Crippen LogP contribution in [0.3, 0.4) is 0 Å². The number of methoxy groups -OCH3 is 1. The van der Waals surface area contributed by atoms with Gasteiger partial charge in [-0.05, 0) is 44.2 Å². The number of nitrogens with one attached hydrogen (secondary N) is 2. The molecule has 1 unspecified atom stereocenters. The predicted octanol–water partition coefficient (Wildman–Crippen LogP) is 2.95. The smallest absolute Gasteiger partial charge is 0.279 e. The summed E-state index contributed by atoms with van der Waals surface area (Å²) in [4.78, 5) is 13.5. The lowest BCUT2D eigenvalue weighted by Crippen LogP contribution is -3.12. The fraction of sp³-hybridized carbons (Fsp3) is 0.316. The topological polar surface area (TPSA) is 42.8 Å². The van der Waals surface area contributed by atoms with Crippen molar-refractivity contribution in [1.82, 2.24) is 0 Å². The van der Waals surface area contributed by atoms with Gasteiger partial charge < -0.3 is 15.0 Å². The van der Waals surface area contributed by atoms with Crippen LogP contribution in [-0.4, -0.2) is 26.1 Å². The zero-order valence-electron chi connectivity index (χ0n) is 14.3. The summed E-state index contributed by atoms with van der Waals surface area (Å²) in [5.74, 6) is 0.747. The molecule has 2 rings (SSSR count). The molecule has 0 saturated carbocycles. The molecule has 0 aliphatic rings. The summed E-state index contributed by atoms with van der Waals surface area (Å²) in [5, 5.41) is 3.67. The maximum atomic E-state index is 12.4. The highest BCUT2D eigenvalue weighted by molar-refractivity contribution is 6.31. The number of benzene rings is 2. The van der Waals surface area contributed by atoms with Gasteiger partial charge in [-0.2, -0.15) is 0 Å². The van der Waals surface area contributed by atoms with E-state index in [9.17, 15) is 4.79 Å². The first kappa shape index (κ1) is 18.3. The van der Waals surface area contributed by atoms with Gasteiger partial charge in [0.2, 0.25) is 0 Å². The van der Waals surface area contributed by atoms with Crippen LogP contribution in [0.1, 0.15) is 25.5 Å². The van der Waals surface area contributed by atoms with Crippen LogP contribution < -0.4 is 15.0 Å². The summed E-state index contributed by atoms with van der Waals surface area (Å²) in [5.41, 5.74) is 1.83. The van der Waals surface area contributed by atoms with Gasteiger partial charge in [-0.15, -0.1) is 0 Å². The average Bonchev–Trinajstić information content (AvgIpc) is 2.60. The summed E-state index contributed by atoms with van der Waals surface area (Å²) < 4.78 is 5.12. The molecule has 0 bridgehead atoms. The Morgan fingerprint density at radius 2 is 1.88 bits per heavy atom. The van der Waals surface area contributed by atoms with E-state index >= 15 is 0 Å². The standard InChI is InChI=1S/C19H23ClN2O2/c1-4-22(14(2)17-7-5-6-8-18(17)20)13-19(23)21-15-9-11-16(24-3)12-10-15/h5-12,14H,4,13H2,1-3H3,(H,21,23)/p+1/t14-/m0/s1. The molecule has 2 N–H and O–H groups in total. The van der Waals surface area contributed by atoms with Crippen LogP contribution in [0.4, 0.5) is 5.69 Å². The highest BCUT2D eigenvalue weighted by Crippen LogP contribution is 2.20. The highest BCUT2D eigenvalue weighted by atomic mass is 35.5. The number of ether oxygens (including phenoxy) is 1. The molecule has 0 radical (unpaired) electrons. The van der Waals surface area contributed by atoms with Crippen LogP contribution >= 0.6 is 11.6 Å². The van der Waals surface area contributed by atoms with Gasteiger partial charge in [0.05, 0.1) is 13.7 Å². The molecule has 0 fully saturated rings. The molecule has 128 valence electrons. The van der Waals surface area contributed by atoms with Crippen LogP contribution in [-0.2, 0) is 4.79 Å².